The number of hydrogen-bond acceptors (Lipinski definition) is 7. The normalized spacial score (nSPS) is 10.9. The van der Waals surface area contributed by atoms with Gasteiger partial charge in [-0.3, -0.25) is 14.4 Å². The summed E-state index contributed by atoms with van der Waals surface area (Å²) in [5.74, 6) is -2.46. The Balaban J connectivity index is 1.72. The summed E-state index contributed by atoms with van der Waals surface area (Å²) in [7, 11) is 0. The fraction of sp³-hybridized carbons (Fsp3) is 0.160. The van der Waals surface area contributed by atoms with Gasteiger partial charge in [-0.05, 0) is 63.2 Å². The number of thiazole rings is 1. The molecule has 0 fully saturated rings. The lowest BCUT2D eigenvalue weighted by molar-refractivity contribution is 0.0377. The van der Waals surface area contributed by atoms with E-state index in [0.29, 0.717) is 11.4 Å². The zero-order valence-electron chi connectivity index (χ0n) is 19.5. The van der Waals surface area contributed by atoms with Crippen molar-refractivity contribution < 1.29 is 23.5 Å². The Morgan fingerprint density at radius 1 is 1.00 bits per heavy atom. The van der Waals surface area contributed by atoms with Crippen molar-refractivity contribution in [3.8, 4) is 0 Å². The zero-order chi connectivity index (χ0) is 26.0. The highest BCUT2D eigenvalue weighted by Gasteiger charge is 2.26. The van der Waals surface area contributed by atoms with Crippen LogP contribution in [-0.4, -0.2) is 33.3 Å². The third kappa shape index (κ3) is 5.31. The predicted molar refractivity (Wildman–Crippen MR) is 133 cm³/mol. The van der Waals surface area contributed by atoms with Crippen molar-refractivity contribution in [1.82, 2.24) is 9.38 Å². The average molecular weight is 509 g/mol. The van der Waals surface area contributed by atoms with Crippen molar-refractivity contribution in [3.05, 3.63) is 92.6 Å². The van der Waals surface area contributed by atoms with Crippen LogP contribution in [0.5, 0.6) is 0 Å². The number of fused-ring (bicyclic) bond motifs is 1. The van der Waals surface area contributed by atoms with Crippen LogP contribution in [0.15, 0.2) is 59.4 Å². The molecule has 36 heavy (non-hydrogen) atoms. The molecule has 0 aliphatic carbocycles. The van der Waals surface area contributed by atoms with Gasteiger partial charge in [-0.2, -0.15) is 0 Å². The summed E-state index contributed by atoms with van der Waals surface area (Å²) >= 11 is 0.867. The first kappa shape index (κ1) is 24.7. The maximum absolute atomic E-state index is 13.4. The first-order chi connectivity index (χ1) is 17.1. The molecule has 9 nitrogen and oxygen atoms in total. The largest absolute Gasteiger partial charge is 0.459 e. The van der Waals surface area contributed by atoms with E-state index in [2.05, 4.69) is 15.6 Å². The molecule has 2 amide bonds. The molecule has 184 valence electrons. The number of ether oxygens (including phenoxy) is 1. The first-order valence-corrected chi connectivity index (χ1v) is 11.7. The number of hydrogen-bond donors (Lipinski definition) is 2. The molecular weight excluding hydrogens is 487 g/mol. The number of rotatable bonds is 6. The molecule has 2 aromatic heterocycles. The van der Waals surface area contributed by atoms with Gasteiger partial charge in [-0.25, -0.2) is 18.6 Å². The predicted octanol–water partition coefficient (Wildman–Crippen LogP) is 4.27. The number of amides is 2. The molecular formula is C25H21FN4O5S. The smallest absolute Gasteiger partial charge is 0.338 e. The maximum Gasteiger partial charge on any atom is 0.338 e. The van der Waals surface area contributed by atoms with Crippen LogP contribution in [0.25, 0.3) is 4.96 Å². The van der Waals surface area contributed by atoms with Gasteiger partial charge in [0.1, 0.15) is 16.4 Å². The fourth-order valence-electron chi connectivity index (χ4n) is 3.36. The van der Waals surface area contributed by atoms with E-state index in [1.54, 1.807) is 39.0 Å². The minimum absolute atomic E-state index is 0.0672. The van der Waals surface area contributed by atoms with Crippen LogP contribution < -0.4 is 16.2 Å². The lowest BCUT2D eigenvalue weighted by Gasteiger charge is -2.10. The monoisotopic (exact) mass is 508 g/mol. The van der Waals surface area contributed by atoms with Gasteiger partial charge in [0.05, 0.1) is 11.7 Å². The molecule has 0 atom stereocenters. The Morgan fingerprint density at radius 3 is 2.39 bits per heavy atom. The number of nitrogens with zero attached hydrogens (tertiary/aromatic N) is 2. The number of esters is 1. The standard InChI is InChI=1S/C25H21FN4O5S/c1-13(2)35-24(34)15-5-4-6-18(12-15)29-22(32)20-21(23(33)28-17-9-7-16(26)8-10-17)36-25-27-14(3)11-19(31)30(20)25/h4-13H,1-3H3,(H,28,33)(H,29,32). The average Bonchev–Trinajstić information content (AvgIpc) is 3.20. The second-order valence-electron chi connectivity index (χ2n) is 8.08. The van der Waals surface area contributed by atoms with Crippen LogP contribution in [0.1, 0.15) is 50.1 Å². The summed E-state index contributed by atoms with van der Waals surface area (Å²) < 4.78 is 19.5. The van der Waals surface area contributed by atoms with Crippen molar-refractivity contribution in [2.24, 2.45) is 0 Å². The molecule has 0 unspecified atom stereocenters. The van der Waals surface area contributed by atoms with Crippen LogP contribution >= 0.6 is 11.3 Å². The molecule has 4 rings (SSSR count). The molecule has 4 aromatic rings. The number of nitrogens with one attached hydrogen (secondary N) is 2. The van der Waals surface area contributed by atoms with Gasteiger partial charge in [0.15, 0.2) is 4.96 Å². The molecule has 0 saturated carbocycles. The van der Waals surface area contributed by atoms with Crippen LogP contribution in [0, 0.1) is 12.7 Å². The minimum Gasteiger partial charge on any atom is -0.459 e. The van der Waals surface area contributed by atoms with Gasteiger partial charge >= 0.3 is 5.97 Å². The highest BCUT2D eigenvalue weighted by Crippen LogP contribution is 2.24. The van der Waals surface area contributed by atoms with Crippen molar-refractivity contribution in [2.75, 3.05) is 10.6 Å². The summed E-state index contributed by atoms with van der Waals surface area (Å²) in [4.78, 5) is 55.9. The maximum atomic E-state index is 13.4. The van der Waals surface area contributed by atoms with Crippen molar-refractivity contribution in [3.63, 3.8) is 0 Å². The Labute approximate surface area is 208 Å². The molecule has 11 heteroatoms. The SMILES string of the molecule is Cc1cc(=O)n2c(C(=O)Nc3cccc(C(=O)OC(C)C)c3)c(C(=O)Nc3ccc(F)cc3)sc2n1. The van der Waals surface area contributed by atoms with Crippen molar-refractivity contribution in [2.45, 2.75) is 26.9 Å². The number of carbonyl (C=O) groups excluding carboxylic acids is 3. The minimum atomic E-state index is -0.757. The second kappa shape index (κ2) is 10.1. The third-order valence-electron chi connectivity index (χ3n) is 4.87. The molecule has 2 N–H and O–H groups in total. The Kier molecular flexibility index (Phi) is 6.93. The fourth-order valence-corrected chi connectivity index (χ4v) is 4.43. The number of benzene rings is 2. The molecule has 0 radical (unpaired) electrons. The number of aryl methyl sites for hydroxylation is 1. The van der Waals surface area contributed by atoms with E-state index < -0.39 is 29.2 Å². The molecule has 0 spiro atoms. The van der Waals surface area contributed by atoms with Gasteiger partial charge in [-0.1, -0.05) is 17.4 Å². The summed E-state index contributed by atoms with van der Waals surface area (Å²) in [5.41, 5.74) is 0.459. The molecule has 0 aliphatic rings. The molecule has 0 bridgehead atoms. The van der Waals surface area contributed by atoms with Gasteiger partial charge in [0.25, 0.3) is 17.4 Å². The summed E-state index contributed by atoms with van der Waals surface area (Å²) in [6, 6.07) is 12.5. The van der Waals surface area contributed by atoms with Crippen LogP contribution in [0.2, 0.25) is 0 Å². The van der Waals surface area contributed by atoms with E-state index in [4.69, 9.17) is 4.74 Å². The summed E-state index contributed by atoms with van der Waals surface area (Å²) in [6.07, 6.45) is -0.321. The Morgan fingerprint density at radius 2 is 1.69 bits per heavy atom. The summed E-state index contributed by atoms with van der Waals surface area (Å²) in [5, 5.41) is 5.24. The molecule has 2 aromatic carbocycles. The number of aromatic nitrogens is 2. The molecule has 0 saturated heterocycles. The zero-order valence-corrected chi connectivity index (χ0v) is 20.3. The number of halogens is 1. The van der Waals surface area contributed by atoms with E-state index >= 15 is 0 Å². The first-order valence-electron chi connectivity index (χ1n) is 10.8. The summed E-state index contributed by atoms with van der Waals surface area (Å²) in [6.45, 7) is 5.06. The molecule has 2 heterocycles. The Hall–Kier alpha value is -4.38. The highest BCUT2D eigenvalue weighted by atomic mass is 32.1. The molecule has 0 aliphatic heterocycles. The van der Waals surface area contributed by atoms with E-state index in [0.717, 1.165) is 15.7 Å². The van der Waals surface area contributed by atoms with Crippen molar-refractivity contribution in [1.29, 1.82) is 0 Å². The van der Waals surface area contributed by atoms with Crippen molar-refractivity contribution >= 4 is 45.5 Å². The van der Waals surface area contributed by atoms with E-state index in [1.165, 1.54) is 36.4 Å². The van der Waals surface area contributed by atoms with Gasteiger partial charge in [0.2, 0.25) is 0 Å². The van der Waals surface area contributed by atoms with E-state index in [9.17, 15) is 23.6 Å². The lowest BCUT2D eigenvalue weighted by atomic mass is 10.2. The quantitative estimate of drug-likeness (QED) is 0.376. The third-order valence-corrected chi connectivity index (χ3v) is 5.91. The van der Waals surface area contributed by atoms with E-state index in [-0.39, 0.29) is 32.9 Å². The van der Waals surface area contributed by atoms with Gasteiger partial charge in [0, 0.05) is 23.1 Å². The van der Waals surface area contributed by atoms with Crippen LogP contribution in [0.4, 0.5) is 15.8 Å². The van der Waals surface area contributed by atoms with Gasteiger partial charge in [-0.15, -0.1) is 0 Å². The number of carbonyl (C=O) groups is 3. The van der Waals surface area contributed by atoms with Gasteiger partial charge < -0.3 is 15.4 Å². The van der Waals surface area contributed by atoms with E-state index in [1.807, 2.05) is 0 Å². The lowest BCUT2D eigenvalue weighted by Crippen LogP contribution is -2.25. The Bertz CT molecular complexity index is 1540. The second-order valence-corrected chi connectivity index (χ2v) is 9.06. The van der Waals surface area contributed by atoms with Crippen LogP contribution in [-0.2, 0) is 4.74 Å². The van der Waals surface area contributed by atoms with Crippen LogP contribution in [0.3, 0.4) is 0 Å². The topological polar surface area (TPSA) is 119 Å². The number of anilines is 2. The highest BCUT2D eigenvalue weighted by molar-refractivity contribution is 7.19.